The molecule has 0 fully saturated rings. The van der Waals surface area contributed by atoms with Gasteiger partial charge in [-0.15, -0.1) is 10.2 Å². The number of fused-ring (bicyclic) bond motifs is 1. The van der Waals surface area contributed by atoms with Crippen molar-refractivity contribution < 1.29 is 18.7 Å². The maximum atomic E-state index is 12.8. The maximum absolute atomic E-state index is 12.8. The SMILES string of the molecule is Nc1c(C(=O)CSc2nnc(-c3ccc4c(c3)OCO4)o2)c(=O)[nH]c(=O)n1Cc1ccccc1. The fraction of sp³-hybridized carbons (Fsp3) is 0.136. The third-order valence-electron chi connectivity index (χ3n) is 5.05. The molecule has 1 aliphatic heterocycles. The summed E-state index contributed by atoms with van der Waals surface area (Å²) >= 11 is 0.954. The topological polar surface area (TPSA) is 155 Å². The van der Waals surface area contributed by atoms with Crippen LogP contribution in [0.3, 0.4) is 0 Å². The number of nitrogen functional groups attached to an aromatic ring is 1. The molecule has 0 radical (unpaired) electrons. The van der Waals surface area contributed by atoms with Crippen LogP contribution in [-0.4, -0.2) is 38.1 Å². The lowest BCUT2D eigenvalue weighted by Gasteiger charge is -2.12. The van der Waals surface area contributed by atoms with Gasteiger partial charge in [0.2, 0.25) is 12.7 Å². The van der Waals surface area contributed by atoms with E-state index in [-0.39, 0.29) is 41.6 Å². The van der Waals surface area contributed by atoms with Crippen LogP contribution in [0.5, 0.6) is 11.5 Å². The van der Waals surface area contributed by atoms with E-state index in [4.69, 9.17) is 19.6 Å². The van der Waals surface area contributed by atoms with Crippen LogP contribution in [0, 0.1) is 0 Å². The summed E-state index contributed by atoms with van der Waals surface area (Å²) < 4.78 is 17.4. The molecule has 0 spiro atoms. The van der Waals surface area contributed by atoms with Crippen LogP contribution in [0.25, 0.3) is 11.5 Å². The number of thioether (sulfide) groups is 1. The minimum atomic E-state index is -0.844. The summed E-state index contributed by atoms with van der Waals surface area (Å²) in [7, 11) is 0. The first-order chi connectivity index (χ1) is 16.5. The molecule has 4 aromatic rings. The molecule has 5 rings (SSSR count). The number of nitrogens with zero attached hydrogens (tertiary/aromatic N) is 3. The summed E-state index contributed by atoms with van der Waals surface area (Å²) in [6.45, 7) is 0.255. The summed E-state index contributed by atoms with van der Waals surface area (Å²) in [5.41, 5.74) is 5.65. The van der Waals surface area contributed by atoms with E-state index in [1.165, 1.54) is 0 Å². The number of rotatable bonds is 7. The molecular formula is C22H17N5O6S. The predicted molar refractivity (Wildman–Crippen MR) is 122 cm³/mol. The molecular weight excluding hydrogens is 462 g/mol. The summed E-state index contributed by atoms with van der Waals surface area (Å²) in [6, 6.07) is 14.3. The number of carbonyl (C=O) groups is 1. The third-order valence-corrected chi connectivity index (χ3v) is 5.87. The number of benzene rings is 2. The van der Waals surface area contributed by atoms with Crippen LogP contribution in [0.1, 0.15) is 15.9 Å². The van der Waals surface area contributed by atoms with Gasteiger partial charge in [-0.2, -0.15) is 0 Å². The molecule has 2 aromatic carbocycles. The number of aromatic amines is 1. The molecule has 12 heteroatoms. The van der Waals surface area contributed by atoms with Crippen LogP contribution in [0.2, 0.25) is 0 Å². The highest BCUT2D eigenvalue weighted by Gasteiger charge is 2.21. The maximum Gasteiger partial charge on any atom is 0.330 e. The summed E-state index contributed by atoms with van der Waals surface area (Å²) in [5.74, 6) is 0.463. The van der Waals surface area contributed by atoms with E-state index < -0.39 is 17.0 Å². The van der Waals surface area contributed by atoms with Gasteiger partial charge >= 0.3 is 5.69 Å². The number of H-pyrrole nitrogens is 1. The fourth-order valence-corrected chi connectivity index (χ4v) is 4.03. The lowest BCUT2D eigenvalue weighted by molar-refractivity contribution is 0.102. The molecule has 11 nitrogen and oxygen atoms in total. The Bertz CT molecular complexity index is 1490. The zero-order chi connectivity index (χ0) is 23.7. The number of hydrogen-bond acceptors (Lipinski definition) is 10. The molecule has 0 aliphatic carbocycles. The Morgan fingerprint density at radius 2 is 1.88 bits per heavy atom. The first kappa shape index (κ1) is 21.5. The van der Waals surface area contributed by atoms with Gasteiger partial charge in [-0.3, -0.25) is 19.1 Å². The summed E-state index contributed by atoms with van der Waals surface area (Å²) in [5, 5.41) is 8.05. The number of ketones is 1. The predicted octanol–water partition coefficient (Wildman–Crippen LogP) is 1.92. The van der Waals surface area contributed by atoms with Crippen LogP contribution >= 0.6 is 11.8 Å². The zero-order valence-electron chi connectivity index (χ0n) is 17.5. The van der Waals surface area contributed by atoms with Crippen molar-refractivity contribution in [1.29, 1.82) is 0 Å². The van der Waals surface area contributed by atoms with Gasteiger partial charge < -0.3 is 19.6 Å². The average molecular weight is 479 g/mol. The Morgan fingerprint density at radius 1 is 1.09 bits per heavy atom. The van der Waals surface area contributed by atoms with Crippen molar-refractivity contribution in [3.63, 3.8) is 0 Å². The highest BCUT2D eigenvalue weighted by atomic mass is 32.2. The summed E-state index contributed by atoms with van der Waals surface area (Å²) in [6.07, 6.45) is 0. The Labute approximate surface area is 195 Å². The molecule has 0 saturated carbocycles. The molecule has 34 heavy (non-hydrogen) atoms. The average Bonchev–Trinajstić information content (AvgIpc) is 3.50. The van der Waals surface area contributed by atoms with Crippen molar-refractivity contribution in [2.75, 3.05) is 18.3 Å². The molecule has 0 bridgehead atoms. The minimum Gasteiger partial charge on any atom is -0.454 e. The van der Waals surface area contributed by atoms with E-state index in [1.54, 1.807) is 18.2 Å². The second kappa shape index (κ2) is 8.90. The van der Waals surface area contributed by atoms with Crippen molar-refractivity contribution in [3.8, 4) is 23.0 Å². The Kier molecular flexibility index (Phi) is 5.64. The van der Waals surface area contributed by atoms with Crippen LogP contribution in [0.15, 0.2) is 67.8 Å². The molecule has 0 atom stereocenters. The van der Waals surface area contributed by atoms with Gasteiger partial charge in [0.05, 0.1) is 12.3 Å². The number of ether oxygens (including phenoxy) is 2. The van der Waals surface area contributed by atoms with E-state index in [0.29, 0.717) is 17.1 Å². The monoisotopic (exact) mass is 479 g/mol. The number of hydrogen-bond donors (Lipinski definition) is 2. The van der Waals surface area contributed by atoms with Crippen molar-refractivity contribution in [3.05, 3.63) is 80.5 Å². The van der Waals surface area contributed by atoms with Gasteiger partial charge in [0.15, 0.2) is 17.3 Å². The van der Waals surface area contributed by atoms with Gasteiger partial charge in [0.25, 0.3) is 10.8 Å². The molecule has 172 valence electrons. The van der Waals surface area contributed by atoms with E-state index in [2.05, 4.69) is 15.2 Å². The standard InChI is InChI=1S/C22H17N5O6S/c23-18-17(19(29)24-21(30)27(18)9-12-4-2-1-3-5-12)14(28)10-34-22-26-25-20(33-22)13-6-7-15-16(8-13)32-11-31-15/h1-8H,9-11,23H2,(H,24,29,30). The Morgan fingerprint density at radius 3 is 2.71 bits per heavy atom. The van der Waals surface area contributed by atoms with Crippen molar-refractivity contribution in [1.82, 2.24) is 19.7 Å². The number of aromatic nitrogens is 4. The molecule has 3 N–H and O–H groups in total. The van der Waals surface area contributed by atoms with Crippen molar-refractivity contribution >= 4 is 23.4 Å². The minimum absolute atomic E-state index is 0.109. The smallest absolute Gasteiger partial charge is 0.330 e. The lowest BCUT2D eigenvalue weighted by Crippen LogP contribution is -2.36. The van der Waals surface area contributed by atoms with E-state index in [0.717, 1.165) is 21.9 Å². The van der Waals surface area contributed by atoms with Crippen LogP contribution < -0.4 is 26.5 Å². The number of nitrogens with two attached hydrogens (primary N) is 1. The molecule has 2 aromatic heterocycles. The third kappa shape index (κ3) is 4.18. The summed E-state index contributed by atoms with van der Waals surface area (Å²) in [4.78, 5) is 39.6. The Balaban J connectivity index is 1.33. The number of Topliss-reactive ketones (excluding diaryl/α,β-unsaturated/α-hetero) is 1. The molecule has 0 saturated heterocycles. The first-order valence-electron chi connectivity index (χ1n) is 10.1. The van der Waals surface area contributed by atoms with Gasteiger partial charge in [-0.1, -0.05) is 42.1 Å². The molecule has 0 amide bonds. The van der Waals surface area contributed by atoms with Gasteiger partial charge in [0.1, 0.15) is 11.4 Å². The van der Waals surface area contributed by atoms with Gasteiger partial charge in [0, 0.05) is 5.56 Å². The number of anilines is 1. The molecule has 0 unspecified atom stereocenters. The largest absolute Gasteiger partial charge is 0.454 e. The van der Waals surface area contributed by atoms with Crippen molar-refractivity contribution in [2.24, 2.45) is 0 Å². The lowest BCUT2D eigenvalue weighted by atomic mass is 10.2. The van der Waals surface area contributed by atoms with E-state index >= 15 is 0 Å². The quantitative estimate of drug-likeness (QED) is 0.297. The molecule has 1 aliphatic rings. The Hall–Kier alpha value is -4.32. The van der Waals surface area contributed by atoms with Gasteiger partial charge in [-0.25, -0.2) is 4.79 Å². The highest BCUT2D eigenvalue weighted by molar-refractivity contribution is 7.99. The zero-order valence-corrected chi connectivity index (χ0v) is 18.3. The fourth-order valence-electron chi connectivity index (χ4n) is 3.39. The number of carbonyl (C=O) groups excluding carboxylic acids is 1. The van der Waals surface area contributed by atoms with Crippen LogP contribution in [0.4, 0.5) is 5.82 Å². The second-order valence-electron chi connectivity index (χ2n) is 7.24. The first-order valence-corrected chi connectivity index (χ1v) is 11.0. The van der Waals surface area contributed by atoms with E-state index in [9.17, 15) is 14.4 Å². The molecule has 3 heterocycles. The highest BCUT2D eigenvalue weighted by Crippen LogP contribution is 2.36. The van der Waals surface area contributed by atoms with Crippen LogP contribution in [-0.2, 0) is 6.54 Å². The van der Waals surface area contributed by atoms with Crippen molar-refractivity contribution in [2.45, 2.75) is 11.8 Å². The van der Waals surface area contributed by atoms with E-state index in [1.807, 2.05) is 30.3 Å². The second-order valence-corrected chi connectivity index (χ2v) is 8.17. The van der Waals surface area contributed by atoms with Gasteiger partial charge in [-0.05, 0) is 23.8 Å². The normalized spacial score (nSPS) is 12.1. The number of nitrogens with one attached hydrogen (secondary N) is 1.